The summed E-state index contributed by atoms with van der Waals surface area (Å²) in [5.74, 6) is -0.798. The Morgan fingerprint density at radius 2 is 1.92 bits per heavy atom. The van der Waals surface area contributed by atoms with E-state index in [1.165, 1.54) is 13.3 Å². The molecule has 0 spiro atoms. The monoisotopic (exact) mass is 344 g/mol. The van der Waals surface area contributed by atoms with Crippen molar-refractivity contribution < 1.29 is 24.2 Å². The molecule has 7 heteroatoms. The predicted molar refractivity (Wildman–Crippen MR) is 90.2 cm³/mol. The molecule has 132 valence electrons. The van der Waals surface area contributed by atoms with E-state index in [2.05, 4.69) is 4.98 Å². The number of hydrogen-bond donors (Lipinski definition) is 1. The molecule has 0 fully saturated rings. The van der Waals surface area contributed by atoms with Crippen LogP contribution in [-0.2, 0) is 16.1 Å². The number of rotatable bonds is 7. The summed E-state index contributed by atoms with van der Waals surface area (Å²) in [5.41, 5.74) is 1.19. The van der Waals surface area contributed by atoms with E-state index in [0.717, 1.165) is 10.5 Å². The van der Waals surface area contributed by atoms with Crippen LogP contribution in [0.15, 0.2) is 48.7 Å². The average Bonchev–Trinajstić information content (AvgIpc) is 2.64. The van der Waals surface area contributed by atoms with Gasteiger partial charge in [-0.1, -0.05) is 30.3 Å². The Morgan fingerprint density at radius 1 is 1.20 bits per heavy atom. The van der Waals surface area contributed by atoms with Crippen LogP contribution < -0.4 is 4.74 Å². The van der Waals surface area contributed by atoms with E-state index in [9.17, 15) is 14.7 Å². The number of pyridine rings is 1. The van der Waals surface area contributed by atoms with E-state index in [-0.39, 0.29) is 13.2 Å². The quantitative estimate of drug-likeness (QED) is 0.831. The van der Waals surface area contributed by atoms with Crippen LogP contribution in [0.5, 0.6) is 5.88 Å². The van der Waals surface area contributed by atoms with Gasteiger partial charge in [0.25, 0.3) is 0 Å². The standard InChI is InChI=1S/C18H20N2O5/c1-3-20(18(23)25-12-13-7-5-4-6-8-13)16(17(21)22)14-9-10-15(24-2)19-11-14/h4-11,16H,3,12H2,1-2H3,(H,21,22). The molecule has 1 atom stereocenters. The highest BCUT2D eigenvalue weighted by Crippen LogP contribution is 2.23. The van der Waals surface area contributed by atoms with Crippen molar-refractivity contribution in [3.63, 3.8) is 0 Å². The molecule has 0 radical (unpaired) electrons. The lowest BCUT2D eigenvalue weighted by Crippen LogP contribution is -2.39. The number of methoxy groups -OCH3 is 1. The fourth-order valence-corrected chi connectivity index (χ4v) is 2.35. The van der Waals surface area contributed by atoms with Crippen molar-refractivity contribution in [3.05, 3.63) is 59.8 Å². The lowest BCUT2D eigenvalue weighted by Gasteiger charge is -2.27. The summed E-state index contributed by atoms with van der Waals surface area (Å²) >= 11 is 0. The van der Waals surface area contributed by atoms with E-state index in [0.29, 0.717) is 11.4 Å². The Labute approximate surface area is 145 Å². The molecule has 0 saturated heterocycles. The van der Waals surface area contributed by atoms with Gasteiger partial charge in [0.2, 0.25) is 5.88 Å². The predicted octanol–water partition coefficient (Wildman–Crippen LogP) is 2.87. The number of ether oxygens (including phenoxy) is 2. The Hall–Kier alpha value is -3.09. The summed E-state index contributed by atoms with van der Waals surface area (Å²) in [7, 11) is 1.47. The Bertz CT molecular complexity index is 703. The maximum Gasteiger partial charge on any atom is 0.411 e. The highest BCUT2D eigenvalue weighted by molar-refractivity contribution is 5.81. The van der Waals surface area contributed by atoms with E-state index < -0.39 is 18.1 Å². The van der Waals surface area contributed by atoms with E-state index in [1.807, 2.05) is 30.3 Å². The maximum absolute atomic E-state index is 12.4. The first-order chi connectivity index (χ1) is 12.1. The minimum absolute atomic E-state index is 0.0728. The van der Waals surface area contributed by atoms with Crippen LogP contribution in [0.1, 0.15) is 24.1 Å². The highest BCUT2D eigenvalue weighted by atomic mass is 16.6. The summed E-state index contributed by atoms with van der Waals surface area (Å²) in [6.45, 7) is 1.94. The third-order valence-electron chi connectivity index (χ3n) is 3.61. The molecule has 0 bridgehead atoms. The van der Waals surface area contributed by atoms with Gasteiger partial charge in [-0.15, -0.1) is 0 Å². The number of benzene rings is 1. The Morgan fingerprint density at radius 3 is 2.44 bits per heavy atom. The molecular weight excluding hydrogens is 324 g/mol. The van der Waals surface area contributed by atoms with Gasteiger partial charge in [-0.05, 0) is 18.6 Å². The number of aliphatic carboxylic acids is 1. The lowest BCUT2D eigenvalue weighted by atomic mass is 10.1. The SMILES string of the molecule is CCN(C(=O)OCc1ccccc1)C(C(=O)O)c1ccc(OC)nc1. The summed E-state index contributed by atoms with van der Waals surface area (Å²) < 4.78 is 10.2. The second-order valence-electron chi connectivity index (χ2n) is 5.20. The van der Waals surface area contributed by atoms with Crippen LogP contribution in [0.2, 0.25) is 0 Å². The normalized spacial score (nSPS) is 11.4. The molecule has 0 aliphatic heterocycles. The summed E-state index contributed by atoms with van der Waals surface area (Å²) in [6, 6.07) is 11.1. The number of likely N-dealkylation sites (N-methyl/N-ethyl adjacent to an activating group) is 1. The first kappa shape index (κ1) is 18.3. The van der Waals surface area contributed by atoms with E-state index in [4.69, 9.17) is 9.47 Å². The topological polar surface area (TPSA) is 89.0 Å². The number of carboxylic acid groups (broad SMARTS) is 1. The van der Waals surface area contributed by atoms with Gasteiger partial charge in [-0.25, -0.2) is 14.6 Å². The lowest BCUT2D eigenvalue weighted by molar-refractivity contribution is -0.143. The van der Waals surface area contributed by atoms with Crippen LogP contribution in [0.25, 0.3) is 0 Å². The summed E-state index contributed by atoms with van der Waals surface area (Å²) in [4.78, 5) is 29.3. The van der Waals surface area contributed by atoms with Gasteiger partial charge in [0.05, 0.1) is 7.11 Å². The van der Waals surface area contributed by atoms with Crippen molar-refractivity contribution in [2.24, 2.45) is 0 Å². The van der Waals surface area contributed by atoms with Gasteiger partial charge in [-0.2, -0.15) is 0 Å². The van der Waals surface area contributed by atoms with E-state index in [1.54, 1.807) is 19.1 Å². The average molecular weight is 344 g/mol. The molecule has 25 heavy (non-hydrogen) atoms. The van der Waals surface area contributed by atoms with Gasteiger partial charge in [-0.3, -0.25) is 4.90 Å². The minimum atomic E-state index is -1.19. The zero-order chi connectivity index (χ0) is 18.2. The van der Waals surface area contributed by atoms with Crippen molar-refractivity contribution in [2.75, 3.05) is 13.7 Å². The van der Waals surface area contributed by atoms with Gasteiger partial charge >= 0.3 is 12.1 Å². The molecule has 0 saturated carbocycles. The zero-order valence-corrected chi connectivity index (χ0v) is 14.1. The van der Waals surface area contributed by atoms with Crippen molar-refractivity contribution >= 4 is 12.1 Å². The summed E-state index contributed by atoms with van der Waals surface area (Å²) in [5, 5.41) is 9.58. The highest BCUT2D eigenvalue weighted by Gasteiger charge is 2.31. The molecule has 1 aromatic carbocycles. The second kappa shape index (κ2) is 8.68. The zero-order valence-electron chi connectivity index (χ0n) is 14.1. The number of amides is 1. The van der Waals surface area contributed by atoms with Crippen LogP contribution >= 0.6 is 0 Å². The number of carbonyl (C=O) groups excluding carboxylic acids is 1. The molecule has 2 aromatic rings. The largest absolute Gasteiger partial charge is 0.481 e. The van der Waals surface area contributed by atoms with Crippen molar-refractivity contribution in [3.8, 4) is 5.88 Å². The Kier molecular flexibility index (Phi) is 6.33. The molecule has 0 aliphatic rings. The number of aromatic nitrogens is 1. The number of carboxylic acids is 1. The number of carbonyl (C=O) groups is 2. The van der Waals surface area contributed by atoms with Gasteiger partial charge < -0.3 is 14.6 Å². The number of nitrogens with zero attached hydrogens (tertiary/aromatic N) is 2. The minimum Gasteiger partial charge on any atom is -0.481 e. The fraction of sp³-hybridized carbons (Fsp3) is 0.278. The van der Waals surface area contributed by atoms with Gasteiger partial charge in [0.15, 0.2) is 6.04 Å². The first-order valence-electron chi connectivity index (χ1n) is 7.76. The van der Waals surface area contributed by atoms with Crippen LogP contribution in [0, 0.1) is 0 Å². The molecule has 7 nitrogen and oxygen atoms in total. The van der Waals surface area contributed by atoms with Crippen LogP contribution in [0.3, 0.4) is 0 Å². The molecule has 2 rings (SSSR count). The molecule has 1 unspecified atom stereocenters. The molecule has 1 N–H and O–H groups in total. The van der Waals surface area contributed by atoms with Gasteiger partial charge in [0, 0.05) is 24.4 Å². The van der Waals surface area contributed by atoms with Crippen LogP contribution in [-0.4, -0.2) is 40.7 Å². The Balaban J connectivity index is 2.15. The third-order valence-corrected chi connectivity index (χ3v) is 3.61. The smallest absolute Gasteiger partial charge is 0.411 e. The molecule has 1 amide bonds. The summed E-state index contributed by atoms with van der Waals surface area (Å²) in [6.07, 6.45) is 0.680. The first-order valence-corrected chi connectivity index (χ1v) is 7.76. The van der Waals surface area contributed by atoms with Crippen LogP contribution in [0.4, 0.5) is 4.79 Å². The molecule has 1 heterocycles. The fourth-order valence-electron chi connectivity index (χ4n) is 2.35. The van der Waals surface area contributed by atoms with Crippen molar-refractivity contribution in [1.29, 1.82) is 0 Å². The third kappa shape index (κ3) is 4.69. The van der Waals surface area contributed by atoms with E-state index >= 15 is 0 Å². The second-order valence-corrected chi connectivity index (χ2v) is 5.20. The molecule has 0 aliphatic carbocycles. The molecular formula is C18H20N2O5. The van der Waals surface area contributed by atoms with Crippen molar-refractivity contribution in [2.45, 2.75) is 19.6 Å². The van der Waals surface area contributed by atoms with Crippen molar-refractivity contribution in [1.82, 2.24) is 9.88 Å². The number of hydrogen-bond acceptors (Lipinski definition) is 5. The molecule has 1 aromatic heterocycles. The van der Waals surface area contributed by atoms with Gasteiger partial charge in [0.1, 0.15) is 6.61 Å². The maximum atomic E-state index is 12.4.